The molecule has 2 bridgehead atoms. The Balaban J connectivity index is 1.17. The van der Waals surface area contributed by atoms with Crippen molar-refractivity contribution >= 4 is 57.4 Å². The molecule has 3 aromatic rings. The van der Waals surface area contributed by atoms with E-state index in [4.69, 9.17) is 27.9 Å². The maximum Gasteiger partial charge on any atom is 0.410 e. The summed E-state index contributed by atoms with van der Waals surface area (Å²) in [5, 5.41) is 4.41. The van der Waals surface area contributed by atoms with E-state index in [0.29, 0.717) is 41.2 Å². The smallest absolute Gasteiger partial charge is 0.410 e. The lowest BCUT2D eigenvalue weighted by Crippen LogP contribution is -2.60. The third-order valence-electron chi connectivity index (χ3n) is 9.59. The number of anilines is 1. The maximum atomic E-state index is 15.2. The maximum absolute atomic E-state index is 15.2. The highest BCUT2D eigenvalue weighted by Gasteiger charge is 2.46. The van der Waals surface area contributed by atoms with Gasteiger partial charge in [0.2, 0.25) is 5.91 Å². The molecule has 2 amide bonds. The number of hydrogen-bond acceptors (Lipinski definition) is 6. The second-order valence-corrected chi connectivity index (χ2v) is 14.8. The van der Waals surface area contributed by atoms with Crippen molar-refractivity contribution in [3.63, 3.8) is 0 Å². The molecule has 1 aliphatic carbocycles. The highest BCUT2D eigenvalue weighted by molar-refractivity contribution is 6.35. The zero-order valence-electron chi connectivity index (χ0n) is 26.9. The van der Waals surface area contributed by atoms with Crippen LogP contribution < -0.4 is 10.9 Å². The number of aromatic nitrogens is 1. The largest absolute Gasteiger partial charge is 0.444 e. The molecule has 9 nitrogen and oxygen atoms in total. The third kappa shape index (κ3) is 6.72. The number of nitrogens with zero attached hydrogens (tertiary/aromatic N) is 2. The molecule has 4 heterocycles. The number of carbonyl (C=O) groups excluding carboxylic acids is 3. The summed E-state index contributed by atoms with van der Waals surface area (Å²) in [7, 11) is 0. The van der Waals surface area contributed by atoms with E-state index in [2.05, 4.69) is 10.3 Å². The number of carbonyl (C=O) groups is 3. The molecule has 0 spiro atoms. The van der Waals surface area contributed by atoms with Crippen molar-refractivity contribution in [2.24, 2.45) is 5.92 Å². The zero-order chi connectivity index (χ0) is 33.8. The van der Waals surface area contributed by atoms with Crippen molar-refractivity contribution < 1.29 is 23.5 Å². The SMILES string of the molecule is CC1c2c(Cl)cc(Cl)cc2CCN1C(=O)CNc1cc2cc(C(=O)C3CCCC4CC(C3)N4C(=O)OC(C)(C)C)[nH]c(=O)c2cc1F. The van der Waals surface area contributed by atoms with Gasteiger partial charge in [-0.05, 0) is 107 Å². The number of amides is 2. The average molecular weight is 686 g/mol. The first-order chi connectivity index (χ1) is 22.2. The van der Waals surface area contributed by atoms with E-state index in [1.54, 1.807) is 21.9 Å². The molecule has 1 aromatic heterocycles. The standard InChI is InChI=1S/C35H39Cl2FN4O5/c1-18-31-19(10-22(36)14-26(31)37)8-9-41(18)30(43)17-39-28-12-21-13-29(40-33(45)25(21)16-27(28)38)32(44)20-6-5-7-23-15-24(11-20)42(23)34(46)47-35(2,3)4/h10,12-14,16,18,20,23-24,39H,5-9,11,15,17H2,1-4H3,(H,40,45). The summed E-state index contributed by atoms with van der Waals surface area (Å²) < 4.78 is 20.8. The second-order valence-electron chi connectivity index (χ2n) is 13.9. The van der Waals surface area contributed by atoms with E-state index >= 15 is 4.39 Å². The van der Waals surface area contributed by atoms with Crippen molar-refractivity contribution in [3.8, 4) is 0 Å². The molecule has 12 heteroatoms. The predicted molar refractivity (Wildman–Crippen MR) is 180 cm³/mol. The summed E-state index contributed by atoms with van der Waals surface area (Å²) in [6, 6.07) is 7.38. The predicted octanol–water partition coefficient (Wildman–Crippen LogP) is 7.28. The monoisotopic (exact) mass is 684 g/mol. The molecular weight excluding hydrogens is 646 g/mol. The van der Waals surface area contributed by atoms with E-state index < -0.39 is 22.9 Å². The molecule has 0 radical (unpaired) electrons. The Hall–Kier alpha value is -3.63. The number of Topliss-reactive ketones (excluding diaryl/α,β-unsaturated/α-hetero) is 1. The summed E-state index contributed by atoms with van der Waals surface area (Å²) in [5.74, 6) is -1.53. The van der Waals surface area contributed by atoms with Gasteiger partial charge in [0.05, 0.1) is 29.4 Å². The number of halogens is 3. The minimum Gasteiger partial charge on any atom is -0.444 e. The molecule has 7 rings (SSSR count). The topological polar surface area (TPSA) is 112 Å². The lowest BCUT2D eigenvalue weighted by molar-refractivity contribution is -0.131. The minimum absolute atomic E-state index is 0.0455. The minimum atomic E-state index is -0.689. The Morgan fingerprint density at radius 2 is 1.83 bits per heavy atom. The van der Waals surface area contributed by atoms with Crippen molar-refractivity contribution in [1.82, 2.24) is 14.8 Å². The van der Waals surface area contributed by atoms with Crippen LogP contribution in [0.15, 0.2) is 35.1 Å². The summed E-state index contributed by atoms with van der Waals surface area (Å²) in [6.45, 7) is 7.66. The number of aromatic amines is 1. The molecule has 4 unspecified atom stereocenters. The van der Waals surface area contributed by atoms with Crippen LogP contribution in [0, 0.1) is 11.7 Å². The van der Waals surface area contributed by atoms with E-state index in [-0.39, 0.29) is 59.2 Å². The van der Waals surface area contributed by atoms with Gasteiger partial charge in [-0.25, -0.2) is 9.18 Å². The fraction of sp³-hybridized carbons (Fsp3) is 0.486. The van der Waals surface area contributed by atoms with Crippen LogP contribution in [0.3, 0.4) is 0 Å². The number of ketones is 1. The van der Waals surface area contributed by atoms with Gasteiger partial charge in [0.1, 0.15) is 11.4 Å². The number of pyridine rings is 1. The molecule has 47 heavy (non-hydrogen) atoms. The Morgan fingerprint density at radius 1 is 1.06 bits per heavy atom. The molecule has 2 N–H and O–H groups in total. The lowest BCUT2D eigenvalue weighted by Gasteiger charge is -2.51. The number of fused-ring (bicyclic) bond motifs is 6. The molecule has 2 aromatic carbocycles. The van der Waals surface area contributed by atoms with Crippen LogP contribution in [0.25, 0.3) is 10.8 Å². The average Bonchev–Trinajstić information content (AvgIpc) is 2.94. The van der Waals surface area contributed by atoms with Gasteiger partial charge in [-0.15, -0.1) is 0 Å². The number of rotatable bonds is 5. The fourth-order valence-corrected chi connectivity index (χ4v) is 8.05. The van der Waals surface area contributed by atoms with Crippen LogP contribution in [-0.4, -0.2) is 63.3 Å². The van der Waals surface area contributed by atoms with Gasteiger partial charge >= 0.3 is 6.09 Å². The van der Waals surface area contributed by atoms with Gasteiger partial charge in [0.15, 0.2) is 5.78 Å². The summed E-state index contributed by atoms with van der Waals surface area (Å²) in [6.07, 6.45) is 3.71. The van der Waals surface area contributed by atoms with Gasteiger partial charge < -0.3 is 24.8 Å². The zero-order valence-corrected chi connectivity index (χ0v) is 28.4. The molecule has 3 aliphatic heterocycles. The highest BCUT2D eigenvalue weighted by atomic mass is 35.5. The summed E-state index contributed by atoms with van der Waals surface area (Å²) in [5.41, 5.74) is 0.842. The Morgan fingerprint density at radius 3 is 2.57 bits per heavy atom. The Bertz CT molecular complexity index is 1820. The van der Waals surface area contributed by atoms with Gasteiger partial charge in [-0.2, -0.15) is 0 Å². The van der Waals surface area contributed by atoms with E-state index in [0.717, 1.165) is 36.5 Å². The first kappa shape index (κ1) is 33.3. The molecule has 4 aliphatic rings. The van der Waals surface area contributed by atoms with Crippen molar-refractivity contribution in [2.45, 2.75) is 89.9 Å². The molecule has 2 saturated heterocycles. The van der Waals surface area contributed by atoms with Crippen LogP contribution in [0.1, 0.15) is 87.5 Å². The van der Waals surface area contributed by atoms with Gasteiger partial charge in [-0.3, -0.25) is 14.4 Å². The van der Waals surface area contributed by atoms with Gasteiger partial charge in [0, 0.05) is 34.6 Å². The summed E-state index contributed by atoms with van der Waals surface area (Å²) >= 11 is 12.6. The van der Waals surface area contributed by atoms with Crippen LogP contribution in [0.2, 0.25) is 10.0 Å². The lowest BCUT2D eigenvalue weighted by atomic mass is 9.76. The van der Waals surface area contributed by atoms with Crippen LogP contribution in [-0.2, 0) is 16.0 Å². The molecule has 1 saturated carbocycles. The van der Waals surface area contributed by atoms with Gasteiger partial charge in [0.25, 0.3) is 5.56 Å². The van der Waals surface area contributed by atoms with E-state index in [9.17, 15) is 19.2 Å². The number of ether oxygens (including phenoxy) is 1. The van der Waals surface area contributed by atoms with E-state index in [1.807, 2.05) is 33.8 Å². The Kier molecular flexibility index (Phi) is 9.04. The van der Waals surface area contributed by atoms with E-state index in [1.165, 1.54) is 6.07 Å². The van der Waals surface area contributed by atoms with Crippen LogP contribution in [0.4, 0.5) is 14.9 Å². The first-order valence-corrected chi connectivity index (χ1v) is 16.9. The van der Waals surface area contributed by atoms with Crippen LogP contribution in [0.5, 0.6) is 0 Å². The van der Waals surface area contributed by atoms with Gasteiger partial charge in [-0.1, -0.05) is 29.6 Å². The van der Waals surface area contributed by atoms with Crippen molar-refractivity contribution in [1.29, 1.82) is 0 Å². The number of H-pyrrole nitrogens is 1. The number of nitrogens with one attached hydrogen (secondary N) is 2. The van der Waals surface area contributed by atoms with Crippen molar-refractivity contribution in [2.75, 3.05) is 18.4 Å². The van der Waals surface area contributed by atoms with Crippen LogP contribution >= 0.6 is 23.2 Å². The fourth-order valence-electron chi connectivity index (χ4n) is 7.36. The molecule has 250 valence electrons. The molecule has 4 atom stereocenters. The highest BCUT2D eigenvalue weighted by Crippen LogP contribution is 2.40. The first-order valence-electron chi connectivity index (χ1n) is 16.1. The quantitative estimate of drug-likeness (QED) is 0.273. The second kappa shape index (κ2) is 12.8. The van der Waals surface area contributed by atoms with Crippen molar-refractivity contribution in [3.05, 3.63) is 73.4 Å². The number of benzene rings is 2. The summed E-state index contributed by atoms with van der Waals surface area (Å²) in [4.78, 5) is 59.1. The molecular formula is C35H39Cl2FN4O5. The third-order valence-corrected chi connectivity index (χ3v) is 10.1. The normalized spacial score (nSPS) is 22.5. The number of hydrogen-bond donors (Lipinski definition) is 2. The Labute approximate surface area is 282 Å². The molecule has 3 fully saturated rings.